The van der Waals surface area contributed by atoms with E-state index in [2.05, 4.69) is 87.2 Å². The van der Waals surface area contributed by atoms with Gasteiger partial charge in [0.1, 0.15) is 0 Å². The standard InChI is InChI=1S/C18H20BrN3S2/c1-4-22-17(14-9-16(12(2)3)23-11-14)20-21-18(22)24-10-13-5-7-15(19)8-6-13/h5-9,11-12H,4,10H2,1-3H3. The van der Waals surface area contributed by atoms with Crippen LogP contribution >= 0.6 is 39.0 Å². The average molecular weight is 422 g/mol. The van der Waals surface area contributed by atoms with E-state index in [1.165, 1.54) is 16.0 Å². The van der Waals surface area contributed by atoms with E-state index in [-0.39, 0.29) is 0 Å². The molecule has 0 N–H and O–H groups in total. The minimum absolute atomic E-state index is 0.549. The average Bonchev–Trinajstić information content (AvgIpc) is 3.20. The normalized spacial score (nSPS) is 11.4. The molecule has 0 aliphatic carbocycles. The predicted molar refractivity (Wildman–Crippen MR) is 107 cm³/mol. The van der Waals surface area contributed by atoms with Crippen LogP contribution in [0.2, 0.25) is 0 Å². The van der Waals surface area contributed by atoms with Crippen molar-refractivity contribution in [3.8, 4) is 11.4 Å². The van der Waals surface area contributed by atoms with Crippen molar-refractivity contribution in [3.05, 3.63) is 50.6 Å². The molecular formula is C18H20BrN3S2. The zero-order valence-electron chi connectivity index (χ0n) is 14.0. The third-order valence-electron chi connectivity index (χ3n) is 3.76. The van der Waals surface area contributed by atoms with Crippen molar-refractivity contribution in [2.24, 2.45) is 0 Å². The molecule has 3 aromatic rings. The molecule has 0 spiro atoms. The van der Waals surface area contributed by atoms with E-state index < -0.39 is 0 Å². The maximum atomic E-state index is 4.45. The highest BCUT2D eigenvalue weighted by Gasteiger charge is 2.15. The van der Waals surface area contributed by atoms with Crippen LogP contribution in [0.25, 0.3) is 11.4 Å². The van der Waals surface area contributed by atoms with Crippen molar-refractivity contribution in [3.63, 3.8) is 0 Å². The lowest BCUT2D eigenvalue weighted by atomic mass is 10.1. The van der Waals surface area contributed by atoms with Gasteiger partial charge in [0, 0.05) is 32.6 Å². The smallest absolute Gasteiger partial charge is 0.191 e. The van der Waals surface area contributed by atoms with Gasteiger partial charge in [-0.2, -0.15) is 0 Å². The molecule has 0 atom stereocenters. The van der Waals surface area contributed by atoms with Crippen molar-refractivity contribution in [1.29, 1.82) is 0 Å². The lowest BCUT2D eigenvalue weighted by molar-refractivity contribution is 0.687. The van der Waals surface area contributed by atoms with Crippen molar-refractivity contribution in [1.82, 2.24) is 14.8 Å². The molecule has 1 aromatic carbocycles. The molecule has 3 nitrogen and oxygen atoms in total. The van der Waals surface area contributed by atoms with Crippen molar-refractivity contribution < 1.29 is 0 Å². The third-order valence-corrected chi connectivity index (χ3v) is 6.56. The van der Waals surface area contributed by atoms with Gasteiger partial charge in [0.15, 0.2) is 11.0 Å². The quantitative estimate of drug-likeness (QED) is 0.443. The molecule has 0 bridgehead atoms. The lowest BCUT2D eigenvalue weighted by Gasteiger charge is -2.06. The van der Waals surface area contributed by atoms with Crippen LogP contribution in [-0.4, -0.2) is 14.8 Å². The first-order valence-electron chi connectivity index (χ1n) is 7.97. The van der Waals surface area contributed by atoms with Gasteiger partial charge in [0.05, 0.1) is 0 Å². The van der Waals surface area contributed by atoms with E-state index >= 15 is 0 Å². The van der Waals surface area contributed by atoms with Gasteiger partial charge < -0.3 is 4.57 Å². The molecule has 0 radical (unpaired) electrons. The van der Waals surface area contributed by atoms with Gasteiger partial charge in [-0.15, -0.1) is 21.5 Å². The summed E-state index contributed by atoms with van der Waals surface area (Å²) in [5.74, 6) is 2.42. The Kier molecular flexibility index (Phi) is 5.79. The molecule has 0 amide bonds. The van der Waals surface area contributed by atoms with Gasteiger partial charge in [-0.3, -0.25) is 0 Å². The molecule has 0 unspecified atom stereocenters. The Morgan fingerprint density at radius 1 is 1.21 bits per heavy atom. The van der Waals surface area contributed by atoms with Gasteiger partial charge >= 0.3 is 0 Å². The molecule has 0 fully saturated rings. The molecule has 2 aromatic heterocycles. The number of hydrogen-bond acceptors (Lipinski definition) is 4. The van der Waals surface area contributed by atoms with Crippen LogP contribution in [0.5, 0.6) is 0 Å². The van der Waals surface area contributed by atoms with Crippen LogP contribution in [0.1, 0.15) is 37.1 Å². The SMILES string of the molecule is CCn1c(SCc2ccc(Br)cc2)nnc1-c1csc(C(C)C)c1. The highest BCUT2D eigenvalue weighted by atomic mass is 79.9. The fourth-order valence-electron chi connectivity index (χ4n) is 2.40. The van der Waals surface area contributed by atoms with Crippen molar-refractivity contribution >= 4 is 39.0 Å². The second kappa shape index (κ2) is 7.85. The number of thiophene rings is 1. The molecule has 126 valence electrons. The van der Waals surface area contributed by atoms with E-state index in [0.29, 0.717) is 5.92 Å². The lowest BCUT2D eigenvalue weighted by Crippen LogP contribution is -1.99. The van der Waals surface area contributed by atoms with Crippen LogP contribution in [0.15, 0.2) is 45.3 Å². The summed E-state index contributed by atoms with van der Waals surface area (Å²) >= 11 is 7.01. The first kappa shape index (κ1) is 17.7. The molecule has 0 saturated heterocycles. The zero-order chi connectivity index (χ0) is 17.1. The number of thioether (sulfide) groups is 1. The topological polar surface area (TPSA) is 30.7 Å². The molecule has 3 rings (SSSR count). The van der Waals surface area contributed by atoms with E-state index in [1.54, 1.807) is 23.1 Å². The Morgan fingerprint density at radius 2 is 1.96 bits per heavy atom. The van der Waals surface area contributed by atoms with Crippen LogP contribution in [0, 0.1) is 0 Å². The summed E-state index contributed by atoms with van der Waals surface area (Å²) in [5.41, 5.74) is 2.46. The molecule has 2 heterocycles. The number of hydrogen-bond donors (Lipinski definition) is 0. The number of aromatic nitrogens is 3. The summed E-state index contributed by atoms with van der Waals surface area (Å²) in [6.45, 7) is 7.46. The first-order valence-corrected chi connectivity index (χ1v) is 10.6. The van der Waals surface area contributed by atoms with Gasteiger partial charge in [0.2, 0.25) is 0 Å². The van der Waals surface area contributed by atoms with Crippen LogP contribution in [0.4, 0.5) is 0 Å². The second-order valence-electron chi connectivity index (χ2n) is 5.86. The van der Waals surface area contributed by atoms with Crippen LogP contribution in [0.3, 0.4) is 0 Å². The maximum Gasteiger partial charge on any atom is 0.191 e. The van der Waals surface area contributed by atoms with Crippen molar-refractivity contribution in [2.45, 2.75) is 44.1 Å². The first-order chi connectivity index (χ1) is 11.6. The number of halogens is 1. The zero-order valence-corrected chi connectivity index (χ0v) is 17.2. The summed E-state index contributed by atoms with van der Waals surface area (Å²) in [6.07, 6.45) is 0. The van der Waals surface area contributed by atoms with Crippen molar-refractivity contribution in [2.75, 3.05) is 0 Å². The molecule has 0 aliphatic heterocycles. The number of nitrogens with zero attached hydrogens (tertiary/aromatic N) is 3. The highest BCUT2D eigenvalue weighted by molar-refractivity contribution is 9.10. The summed E-state index contributed by atoms with van der Waals surface area (Å²) in [7, 11) is 0. The van der Waals surface area contributed by atoms with Crippen LogP contribution < -0.4 is 0 Å². The molecule has 24 heavy (non-hydrogen) atoms. The minimum atomic E-state index is 0.549. The summed E-state index contributed by atoms with van der Waals surface area (Å²) in [5, 5.41) is 12.0. The van der Waals surface area contributed by atoms with Gasteiger partial charge in [-0.05, 0) is 36.6 Å². The fourth-order valence-corrected chi connectivity index (χ4v) is 4.52. The molecule has 0 saturated carbocycles. The Morgan fingerprint density at radius 3 is 2.58 bits per heavy atom. The Balaban J connectivity index is 1.79. The Labute approximate surface area is 159 Å². The number of rotatable bonds is 6. The Hall–Kier alpha value is -1.11. The predicted octanol–water partition coefficient (Wildman–Crippen LogP) is 6.20. The largest absolute Gasteiger partial charge is 0.302 e. The van der Waals surface area contributed by atoms with E-state index in [9.17, 15) is 0 Å². The van der Waals surface area contributed by atoms with Gasteiger partial charge in [0.25, 0.3) is 0 Å². The fraction of sp³-hybridized carbons (Fsp3) is 0.333. The Bertz CT molecular complexity index is 806. The third kappa shape index (κ3) is 3.92. The summed E-state index contributed by atoms with van der Waals surface area (Å²) in [6, 6.07) is 10.7. The minimum Gasteiger partial charge on any atom is -0.302 e. The van der Waals surface area contributed by atoms with Crippen LogP contribution in [-0.2, 0) is 12.3 Å². The second-order valence-corrected chi connectivity index (χ2v) is 8.66. The maximum absolute atomic E-state index is 4.45. The van der Waals surface area contributed by atoms with E-state index in [1.807, 2.05) is 0 Å². The monoisotopic (exact) mass is 421 g/mol. The molecule has 6 heteroatoms. The summed E-state index contributed by atoms with van der Waals surface area (Å²) in [4.78, 5) is 1.39. The van der Waals surface area contributed by atoms with E-state index in [0.717, 1.165) is 27.8 Å². The van der Waals surface area contributed by atoms with Gasteiger partial charge in [-0.25, -0.2) is 0 Å². The molecular weight excluding hydrogens is 402 g/mol. The summed E-state index contributed by atoms with van der Waals surface area (Å²) < 4.78 is 3.31. The highest BCUT2D eigenvalue weighted by Crippen LogP contribution is 2.31. The molecule has 0 aliphatic rings. The van der Waals surface area contributed by atoms with E-state index in [4.69, 9.17) is 0 Å². The van der Waals surface area contributed by atoms with Gasteiger partial charge in [-0.1, -0.05) is 53.7 Å². The number of benzene rings is 1.